The predicted molar refractivity (Wildman–Crippen MR) is 79.3 cm³/mol. The van der Waals surface area contributed by atoms with E-state index in [1.165, 1.54) is 24.4 Å². The van der Waals surface area contributed by atoms with Gasteiger partial charge in [-0.15, -0.1) is 0 Å². The molecule has 2 rings (SSSR count). The van der Waals surface area contributed by atoms with E-state index in [1.807, 2.05) is 31.2 Å². The van der Waals surface area contributed by atoms with Crippen LogP contribution < -0.4 is 5.43 Å². The summed E-state index contributed by atoms with van der Waals surface area (Å²) in [5, 5.41) is 14.7. The molecule has 0 radical (unpaired) electrons. The van der Waals surface area contributed by atoms with Crippen LogP contribution in [-0.2, 0) is 0 Å². The highest BCUT2D eigenvalue weighted by molar-refractivity contribution is 5.98. The van der Waals surface area contributed by atoms with E-state index in [1.54, 1.807) is 6.07 Å². The van der Waals surface area contributed by atoms with Gasteiger partial charge in [-0.1, -0.05) is 42.0 Å². The second-order valence-electron chi connectivity index (χ2n) is 4.39. The second kappa shape index (κ2) is 6.42. The average Bonchev–Trinajstić information content (AvgIpc) is 2.47. The largest absolute Gasteiger partial charge is 0.282 e. The van der Waals surface area contributed by atoms with Crippen molar-refractivity contribution in [2.75, 3.05) is 0 Å². The number of carbonyl (C=O) groups is 1. The van der Waals surface area contributed by atoms with E-state index >= 15 is 0 Å². The van der Waals surface area contributed by atoms with Gasteiger partial charge < -0.3 is 0 Å². The molecule has 0 unspecified atom stereocenters. The van der Waals surface area contributed by atoms with Crippen molar-refractivity contribution >= 4 is 17.8 Å². The minimum atomic E-state index is -0.619. The fourth-order valence-electron chi connectivity index (χ4n) is 1.80. The van der Waals surface area contributed by atoms with Gasteiger partial charge in [0.2, 0.25) is 0 Å². The highest BCUT2D eigenvalue weighted by atomic mass is 16.6. The molecule has 0 atom stereocenters. The van der Waals surface area contributed by atoms with E-state index in [0.29, 0.717) is 0 Å². The zero-order valence-corrected chi connectivity index (χ0v) is 11.3. The summed E-state index contributed by atoms with van der Waals surface area (Å²) in [6.45, 7) is 1.95. The number of carbonyl (C=O) groups excluding carboxylic acids is 1. The Balaban J connectivity index is 2.11. The summed E-state index contributed by atoms with van der Waals surface area (Å²) in [7, 11) is 0. The molecular weight excluding hydrogens is 270 g/mol. The van der Waals surface area contributed by atoms with Gasteiger partial charge in [-0.25, -0.2) is 5.43 Å². The SMILES string of the molecule is Cc1cccc(/C=N/NC(=O)c2ccccc2[N+](=O)[O-])c1. The molecule has 0 bridgehead atoms. The Morgan fingerprint density at radius 3 is 2.71 bits per heavy atom. The van der Waals surface area contributed by atoms with Crippen LogP contribution in [0.1, 0.15) is 21.5 Å². The Kier molecular flexibility index (Phi) is 4.40. The summed E-state index contributed by atoms with van der Waals surface area (Å²) in [5.74, 6) is -0.619. The second-order valence-corrected chi connectivity index (χ2v) is 4.39. The first-order chi connectivity index (χ1) is 10.1. The Bertz CT molecular complexity index is 711. The van der Waals surface area contributed by atoms with Crippen LogP contribution in [0, 0.1) is 17.0 Å². The van der Waals surface area contributed by atoms with Crippen molar-refractivity contribution in [3.63, 3.8) is 0 Å². The minimum Gasteiger partial charge on any atom is -0.267 e. The molecule has 2 aromatic rings. The molecule has 0 spiro atoms. The van der Waals surface area contributed by atoms with Gasteiger partial charge in [-0.3, -0.25) is 14.9 Å². The Morgan fingerprint density at radius 1 is 1.24 bits per heavy atom. The van der Waals surface area contributed by atoms with Crippen molar-refractivity contribution < 1.29 is 9.72 Å². The molecule has 6 heteroatoms. The Hall–Kier alpha value is -3.02. The van der Waals surface area contributed by atoms with Gasteiger partial charge in [-0.2, -0.15) is 5.10 Å². The van der Waals surface area contributed by atoms with Crippen molar-refractivity contribution in [2.45, 2.75) is 6.92 Å². The van der Waals surface area contributed by atoms with Gasteiger partial charge in [0.05, 0.1) is 11.1 Å². The number of nitrogens with zero attached hydrogens (tertiary/aromatic N) is 2. The molecule has 0 saturated heterocycles. The molecule has 0 aromatic heterocycles. The molecule has 0 heterocycles. The maximum absolute atomic E-state index is 11.9. The summed E-state index contributed by atoms with van der Waals surface area (Å²) in [5.41, 5.74) is 3.92. The van der Waals surface area contributed by atoms with E-state index in [2.05, 4.69) is 10.5 Å². The number of aryl methyl sites for hydroxylation is 1. The monoisotopic (exact) mass is 283 g/mol. The van der Waals surface area contributed by atoms with Crippen LogP contribution in [0.5, 0.6) is 0 Å². The van der Waals surface area contributed by atoms with Gasteiger partial charge in [0.15, 0.2) is 0 Å². The summed E-state index contributed by atoms with van der Waals surface area (Å²) in [6, 6.07) is 13.3. The summed E-state index contributed by atoms with van der Waals surface area (Å²) in [6.07, 6.45) is 1.49. The molecule has 2 aromatic carbocycles. The fourth-order valence-corrected chi connectivity index (χ4v) is 1.80. The van der Waals surface area contributed by atoms with Crippen LogP contribution in [0.3, 0.4) is 0 Å². The maximum atomic E-state index is 11.9. The lowest BCUT2D eigenvalue weighted by Gasteiger charge is -2.01. The van der Waals surface area contributed by atoms with Gasteiger partial charge in [0.25, 0.3) is 11.6 Å². The van der Waals surface area contributed by atoms with Crippen molar-refractivity contribution in [2.24, 2.45) is 5.10 Å². The summed E-state index contributed by atoms with van der Waals surface area (Å²) >= 11 is 0. The van der Waals surface area contributed by atoms with E-state index in [4.69, 9.17) is 0 Å². The van der Waals surface area contributed by atoms with Gasteiger partial charge in [0, 0.05) is 6.07 Å². The van der Waals surface area contributed by atoms with Crippen molar-refractivity contribution in [1.82, 2.24) is 5.43 Å². The molecular formula is C15H13N3O3. The Morgan fingerprint density at radius 2 is 2.00 bits per heavy atom. The van der Waals surface area contributed by atoms with E-state index in [-0.39, 0.29) is 11.3 Å². The van der Waals surface area contributed by atoms with Crippen LogP contribution in [0.25, 0.3) is 0 Å². The molecule has 21 heavy (non-hydrogen) atoms. The first-order valence-corrected chi connectivity index (χ1v) is 6.21. The molecule has 0 aliphatic rings. The highest BCUT2D eigenvalue weighted by Crippen LogP contribution is 2.17. The number of nitro benzene ring substituents is 1. The average molecular weight is 283 g/mol. The third-order valence-corrected chi connectivity index (χ3v) is 2.77. The zero-order chi connectivity index (χ0) is 15.2. The first-order valence-electron chi connectivity index (χ1n) is 6.21. The number of nitro groups is 1. The summed E-state index contributed by atoms with van der Waals surface area (Å²) in [4.78, 5) is 22.1. The lowest BCUT2D eigenvalue weighted by atomic mass is 10.1. The number of para-hydroxylation sites is 1. The van der Waals surface area contributed by atoms with Gasteiger partial charge in [0.1, 0.15) is 5.56 Å². The number of amides is 1. The van der Waals surface area contributed by atoms with Crippen LogP contribution in [-0.4, -0.2) is 17.0 Å². The van der Waals surface area contributed by atoms with Gasteiger partial charge in [-0.05, 0) is 18.6 Å². The lowest BCUT2D eigenvalue weighted by Crippen LogP contribution is -2.18. The van der Waals surface area contributed by atoms with E-state index in [0.717, 1.165) is 11.1 Å². The standard InChI is InChI=1S/C15H13N3O3/c1-11-5-4-6-12(9-11)10-16-17-15(19)13-7-2-3-8-14(13)18(20)21/h2-10H,1H3,(H,17,19)/b16-10+. The molecule has 1 N–H and O–H groups in total. The maximum Gasteiger partial charge on any atom is 0.282 e. The number of hydrazone groups is 1. The molecule has 106 valence electrons. The molecule has 0 fully saturated rings. The zero-order valence-electron chi connectivity index (χ0n) is 11.3. The fraction of sp³-hybridized carbons (Fsp3) is 0.0667. The third kappa shape index (κ3) is 3.73. The summed E-state index contributed by atoms with van der Waals surface area (Å²) < 4.78 is 0. The predicted octanol–water partition coefficient (Wildman–Crippen LogP) is 2.67. The number of hydrogen-bond donors (Lipinski definition) is 1. The minimum absolute atomic E-state index is 0.0242. The van der Waals surface area contributed by atoms with Crippen LogP contribution in [0.4, 0.5) is 5.69 Å². The molecule has 1 amide bonds. The Labute approximate surface area is 121 Å². The number of rotatable bonds is 4. The smallest absolute Gasteiger partial charge is 0.267 e. The first kappa shape index (κ1) is 14.4. The van der Waals surface area contributed by atoms with Crippen molar-refractivity contribution in [3.05, 3.63) is 75.3 Å². The van der Waals surface area contributed by atoms with Crippen LogP contribution in [0.2, 0.25) is 0 Å². The van der Waals surface area contributed by atoms with E-state index < -0.39 is 10.8 Å². The third-order valence-electron chi connectivity index (χ3n) is 2.77. The molecule has 6 nitrogen and oxygen atoms in total. The van der Waals surface area contributed by atoms with Crippen LogP contribution in [0.15, 0.2) is 53.6 Å². The highest BCUT2D eigenvalue weighted by Gasteiger charge is 2.18. The van der Waals surface area contributed by atoms with Crippen molar-refractivity contribution in [1.29, 1.82) is 0 Å². The van der Waals surface area contributed by atoms with Gasteiger partial charge >= 0.3 is 0 Å². The number of hydrogen-bond acceptors (Lipinski definition) is 4. The quantitative estimate of drug-likeness (QED) is 0.532. The normalized spacial score (nSPS) is 10.5. The van der Waals surface area contributed by atoms with Crippen LogP contribution >= 0.6 is 0 Å². The molecule has 0 aliphatic heterocycles. The van der Waals surface area contributed by atoms with Crippen molar-refractivity contribution in [3.8, 4) is 0 Å². The molecule has 0 aliphatic carbocycles. The van der Waals surface area contributed by atoms with E-state index in [9.17, 15) is 14.9 Å². The number of benzene rings is 2. The molecule has 0 saturated carbocycles. The topological polar surface area (TPSA) is 84.6 Å². The number of nitrogens with one attached hydrogen (secondary N) is 1. The lowest BCUT2D eigenvalue weighted by molar-refractivity contribution is -0.385.